The number of hydrogen-bond acceptors (Lipinski definition) is 3. The molecular formula is C18H31IN4O. The van der Waals surface area contributed by atoms with Gasteiger partial charge in [-0.05, 0) is 51.4 Å². The van der Waals surface area contributed by atoms with E-state index in [1.807, 2.05) is 18.2 Å². The van der Waals surface area contributed by atoms with Crippen molar-refractivity contribution in [2.45, 2.75) is 32.2 Å². The van der Waals surface area contributed by atoms with Crippen molar-refractivity contribution in [2.75, 3.05) is 40.3 Å². The Balaban J connectivity index is 0.00000288. The zero-order chi connectivity index (χ0) is 16.5. The normalized spacial score (nSPS) is 18.1. The van der Waals surface area contributed by atoms with Gasteiger partial charge in [0.25, 0.3) is 0 Å². The quantitative estimate of drug-likeness (QED) is 0.384. The van der Waals surface area contributed by atoms with Crippen molar-refractivity contribution in [1.82, 2.24) is 15.5 Å². The van der Waals surface area contributed by atoms with Crippen LogP contribution in [0.1, 0.15) is 25.3 Å². The van der Waals surface area contributed by atoms with Gasteiger partial charge in [-0.25, -0.2) is 0 Å². The highest BCUT2D eigenvalue weighted by Gasteiger charge is 2.20. The molecule has 0 aromatic heterocycles. The van der Waals surface area contributed by atoms with Crippen LogP contribution in [0.5, 0.6) is 5.75 Å². The topological polar surface area (TPSA) is 48.9 Å². The number of likely N-dealkylation sites (tertiary alicyclic amines) is 1. The maximum atomic E-state index is 5.40. The largest absolute Gasteiger partial charge is 0.496 e. The molecule has 1 atom stereocenters. The molecule has 1 unspecified atom stereocenters. The van der Waals surface area contributed by atoms with Crippen molar-refractivity contribution >= 4 is 29.9 Å². The summed E-state index contributed by atoms with van der Waals surface area (Å²) in [5, 5.41) is 6.75. The highest BCUT2D eigenvalue weighted by atomic mass is 127. The number of guanidine groups is 1. The predicted molar refractivity (Wildman–Crippen MR) is 112 cm³/mol. The molecular weight excluding hydrogens is 415 g/mol. The molecule has 1 fully saturated rings. The number of likely N-dealkylation sites (N-methyl/N-ethyl adjacent to an activating group) is 1. The van der Waals surface area contributed by atoms with Gasteiger partial charge in [0, 0.05) is 19.1 Å². The summed E-state index contributed by atoms with van der Waals surface area (Å²) >= 11 is 0. The highest BCUT2D eigenvalue weighted by molar-refractivity contribution is 14.0. The summed E-state index contributed by atoms with van der Waals surface area (Å²) in [6.45, 7) is 5.87. The number of methoxy groups -OCH3 is 1. The van der Waals surface area contributed by atoms with Crippen molar-refractivity contribution in [2.24, 2.45) is 4.99 Å². The Morgan fingerprint density at radius 2 is 2.12 bits per heavy atom. The van der Waals surface area contributed by atoms with Crippen LogP contribution in [-0.4, -0.2) is 57.2 Å². The number of ether oxygens (including phenoxy) is 1. The average molecular weight is 446 g/mol. The summed E-state index contributed by atoms with van der Waals surface area (Å²) in [5.74, 6) is 1.85. The predicted octanol–water partition coefficient (Wildman–Crippen LogP) is 2.51. The molecule has 0 saturated carbocycles. The van der Waals surface area contributed by atoms with Crippen molar-refractivity contribution in [3.8, 4) is 5.75 Å². The number of aliphatic imine (C=N–C) groups is 1. The average Bonchev–Trinajstić information content (AvgIpc) is 2.98. The Morgan fingerprint density at radius 1 is 1.33 bits per heavy atom. The Labute approximate surface area is 163 Å². The van der Waals surface area contributed by atoms with Crippen LogP contribution in [-0.2, 0) is 6.42 Å². The van der Waals surface area contributed by atoms with Gasteiger partial charge in [-0.1, -0.05) is 18.2 Å². The van der Waals surface area contributed by atoms with Gasteiger partial charge >= 0.3 is 0 Å². The Hall–Kier alpha value is -1.02. The molecule has 0 amide bonds. The van der Waals surface area contributed by atoms with E-state index in [9.17, 15) is 0 Å². The second-order valence-electron chi connectivity index (χ2n) is 5.98. The van der Waals surface area contributed by atoms with Gasteiger partial charge in [-0.2, -0.15) is 0 Å². The molecule has 1 heterocycles. The fraction of sp³-hybridized carbons (Fsp3) is 0.611. The number of halogens is 1. The van der Waals surface area contributed by atoms with Gasteiger partial charge in [-0.3, -0.25) is 4.99 Å². The van der Waals surface area contributed by atoms with E-state index in [-0.39, 0.29) is 24.0 Å². The van der Waals surface area contributed by atoms with Crippen LogP contribution in [0.15, 0.2) is 29.3 Å². The standard InChI is InChI=1S/C18H30N4O.HI/c1-4-19-18(21-14-16-9-7-13-22(16)2)20-12-11-15-8-5-6-10-17(15)23-3;/h5-6,8,10,16H,4,7,9,11-14H2,1-3H3,(H2,19,20,21);1H. The number of nitrogens with zero attached hydrogens (tertiary/aromatic N) is 2. The molecule has 1 aliphatic rings. The van der Waals surface area contributed by atoms with Crippen LogP contribution in [0.4, 0.5) is 0 Å². The van der Waals surface area contributed by atoms with Gasteiger partial charge in [-0.15, -0.1) is 24.0 Å². The minimum Gasteiger partial charge on any atom is -0.496 e. The van der Waals surface area contributed by atoms with E-state index < -0.39 is 0 Å². The SMILES string of the molecule is CCNC(=NCC1CCCN1C)NCCc1ccccc1OC.I. The summed E-state index contributed by atoms with van der Waals surface area (Å²) in [6, 6.07) is 8.74. The van der Waals surface area contributed by atoms with Crippen molar-refractivity contribution in [3.63, 3.8) is 0 Å². The van der Waals surface area contributed by atoms with Gasteiger partial charge in [0.1, 0.15) is 5.75 Å². The first-order valence-electron chi connectivity index (χ1n) is 8.59. The number of benzene rings is 1. The van der Waals surface area contributed by atoms with Gasteiger partial charge in [0.15, 0.2) is 5.96 Å². The Kier molecular flexibility index (Phi) is 10.1. The minimum atomic E-state index is 0. The number of hydrogen-bond donors (Lipinski definition) is 2. The van der Waals surface area contributed by atoms with Crippen LogP contribution >= 0.6 is 24.0 Å². The lowest BCUT2D eigenvalue weighted by molar-refractivity contribution is 0.317. The van der Waals surface area contributed by atoms with E-state index >= 15 is 0 Å². The first-order chi connectivity index (χ1) is 11.2. The van der Waals surface area contributed by atoms with E-state index in [2.05, 4.69) is 35.6 Å². The van der Waals surface area contributed by atoms with Gasteiger partial charge < -0.3 is 20.3 Å². The molecule has 0 bridgehead atoms. The minimum absolute atomic E-state index is 0. The molecule has 0 aliphatic carbocycles. The van der Waals surface area contributed by atoms with Crippen LogP contribution in [0.2, 0.25) is 0 Å². The lowest BCUT2D eigenvalue weighted by Crippen LogP contribution is -2.39. The number of para-hydroxylation sites is 1. The van der Waals surface area contributed by atoms with E-state index in [0.29, 0.717) is 6.04 Å². The Bertz CT molecular complexity index is 510. The molecule has 6 heteroatoms. The number of rotatable bonds is 7. The van der Waals surface area contributed by atoms with E-state index in [1.54, 1.807) is 7.11 Å². The molecule has 24 heavy (non-hydrogen) atoms. The molecule has 1 saturated heterocycles. The maximum Gasteiger partial charge on any atom is 0.191 e. The summed E-state index contributed by atoms with van der Waals surface area (Å²) in [4.78, 5) is 7.15. The molecule has 5 nitrogen and oxygen atoms in total. The zero-order valence-electron chi connectivity index (χ0n) is 15.0. The van der Waals surface area contributed by atoms with E-state index in [0.717, 1.165) is 37.8 Å². The van der Waals surface area contributed by atoms with Gasteiger partial charge in [0.2, 0.25) is 0 Å². The zero-order valence-corrected chi connectivity index (χ0v) is 17.4. The first-order valence-corrected chi connectivity index (χ1v) is 8.59. The maximum absolute atomic E-state index is 5.40. The van der Waals surface area contributed by atoms with Crippen LogP contribution in [0.25, 0.3) is 0 Å². The fourth-order valence-electron chi connectivity index (χ4n) is 2.97. The molecule has 136 valence electrons. The molecule has 0 spiro atoms. The van der Waals surface area contributed by atoms with E-state index in [4.69, 9.17) is 9.73 Å². The summed E-state index contributed by atoms with van der Waals surface area (Å²) in [7, 11) is 3.91. The van der Waals surface area contributed by atoms with Crippen molar-refractivity contribution in [3.05, 3.63) is 29.8 Å². The highest BCUT2D eigenvalue weighted by Crippen LogP contribution is 2.17. The third-order valence-electron chi connectivity index (χ3n) is 4.36. The summed E-state index contributed by atoms with van der Waals surface area (Å²) < 4.78 is 5.40. The van der Waals surface area contributed by atoms with Crippen LogP contribution in [0, 0.1) is 0 Å². The lowest BCUT2D eigenvalue weighted by Gasteiger charge is -2.18. The summed E-state index contributed by atoms with van der Waals surface area (Å²) in [5.41, 5.74) is 1.22. The molecule has 2 N–H and O–H groups in total. The fourth-order valence-corrected chi connectivity index (χ4v) is 2.97. The molecule has 1 aromatic rings. The van der Waals surface area contributed by atoms with Crippen LogP contribution in [0.3, 0.4) is 0 Å². The molecule has 2 rings (SSSR count). The smallest absolute Gasteiger partial charge is 0.191 e. The second-order valence-corrected chi connectivity index (χ2v) is 5.98. The van der Waals surface area contributed by atoms with E-state index in [1.165, 1.54) is 24.9 Å². The molecule has 0 radical (unpaired) electrons. The molecule has 1 aliphatic heterocycles. The summed E-state index contributed by atoms with van der Waals surface area (Å²) in [6.07, 6.45) is 3.45. The lowest BCUT2D eigenvalue weighted by atomic mass is 10.1. The second kappa shape index (κ2) is 11.5. The monoisotopic (exact) mass is 446 g/mol. The third kappa shape index (κ3) is 6.47. The first kappa shape index (κ1) is 21.0. The van der Waals surface area contributed by atoms with Gasteiger partial charge in [0.05, 0.1) is 13.7 Å². The van der Waals surface area contributed by atoms with Crippen LogP contribution < -0.4 is 15.4 Å². The van der Waals surface area contributed by atoms with Crippen molar-refractivity contribution < 1.29 is 4.74 Å². The number of nitrogens with one attached hydrogen (secondary N) is 2. The van der Waals surface area contributed by atoms with Crippen molar-refractivity contribution in [1.29, 1.82) is 0 Å². The Morgan fingerprint density at radius 3 is 2.79 bits per heavy atom. The molecule has 1 aromatic carbocycles. The third-order valence-corrected chi connectivity index (χ3v) is 4.36.